The summed E-state index contributed by atoms with van der Waals surface area (Å²) >= 11 is 0. The van der Waals surface area contributed by atoms with Gasteiger partial charge < -0.3 is 4.74 Å². The molecule has 0 bridgehead atoms. The van der Waals surface area contributed by atoms with Crippen LogP contribution in [0.15, 0.2) is 11.6 Å². The molecular formula is C16H24O2. The first-order valence-corrected chi connectivity index (χ1v) is 6.51. The van der Waals surface area contributed by atoms with Crippen molar-refractivity contribution in [2.45, 2.75) is 47.5 Å². The molecule has 0 N–H and O–H groups in total. The van der Waals surface area contributed by atoms with E-state index >= 15 is 0 Å². The number of carbonyl (C=O) groups excluding carboxylic acids is 1. The quantitative estimate of drug-likeness (QED) is 0.322. The van der Waals surface area contributed by atoms with E-state index in [4.69, 9.17) is 11.2 Å². The average Bonchev–Trinajstić information content (AvgIpc) is 2.67. The lowest BCUT2D eigenvalue weighted by Gasteiger charge is -2.06. The molecule has 1 fully saturated rings. The van der Waals surface area contributed by atoms with Gasteiger partial charge in [-0.1, -0.05) is 33.8 Å². The van der Waals surface area contributed by atoms with Gasteiger partial charge in [0.15, 0.2) is 0 Å². The molecule has 2 heteroatoms. The molecule has 18 heavy (non-hydrogen) atoms. The summed E-state index contributed by atoms with van der Waals surface area (Å²) in [6.45, 7) is 10.8. The van der Waals surface area contributed by atoms with E-state index in [9.17, 15) is 4.79 Å². The van der Waals surface area contributed by atoms with E-state index in [1.807, 2.05) is 13.0 Å². The summed E-state index contributed by atoms with van der Waals surface area (Å²) in [6, 6.07) is 0. The van der Waals surface area contributed by atoms with Crippen molar-refractivity contribution in [2.24, 2.45) is 16.7 Å². The topological polar surface area (TPSA) is 26.3 Å². The highest BCUT2D eigenvalue weighted by atomic mass is 16.5. The Balaban J connectivity index is 2.40. The van der Waals surface area contributed by atoms with Gasteiger partial charge in [-0.2, -0.15) is 0 Å². The molecule has 1 aliphatic rings. The standard InChI is InChI=1S/C16H24O2/c1-7-8-9-10-12(2)11-18-14(17)13-15(3,4)16(13,5)6/h1,10,13H,8-9,11H2,2-6H3. The van der Waals surface area contributed by atoms with Crippen LogP contribution in [0.3, 0.4) is 0 Å². The summed E-state index contributed by atoms with van der Waals surface area (Å²) in [5.74, 6) is 2.53. The highest BCUT2D eigenvalue weighted by Crippen LogP contribution is 2.68. The summed E-state index contributed by atoms with van der Waals surface area (Å²) in [7, 11) is 0. The van der Waals surface area contributed by atoms with Crippen LogP contribution in [0.2, 0.25) is 0 Å². The summed E-state index contributed by atoms with van der Waals surface area (Å²) < 4.78 is 5.37. The first-order chi connectivity index (χ1) is 8.25. The Hall–Kier alpha value is -1.23. The molecular weight excluding hydrogens is 224 g/mol. The number of allylic oxidation sites excluding steroid dienone is 1. The summed E-state index contributed by atoms with van der Waals surface area (Å²) in [4.78, 5) is 12.0. The molecule has 0 radical (unpaired) electrons. The minimum atomic E-state index is -0.0744. The van der Waals surface area contributed by atoms with Crippen LogP contribution in [-0.4, -0.2) is 12.6 Å². The number of hydrogen-bond donors (Lipinski definition) is 0. The van der Waals surface area contributed by atoms with Crippen molar-refractivity contribution >= 4 is 5.97 Å². The Morgan fingerprint density at radius 3 is 2.33 bits per heavy atom. The fourth-order valence-electron chi connectivity index (χ4n) is 2.51. The Kier molecular flexibility index (Phi) is 4.27. The molecule has 0 aromatic heterocycles. The predicted octanol–water partition coefficient (Wildman–Crippen LogP) is 3.57. The molecule has 0 unspecified atom stereocenters. The van der Waals surface area contributed by atoms with E-state index in [0.29, 0.717) is 6.61 Å². The van der Waals surface area contributed by atoms with Gasteiger partial charge in [-0.15, -0.1) is 12.3 Å². The van der Waals surface area contributed by atoms with Crippen molar-refractivity contribution in [3.8, 4) is 12.3 Å². The lowest BCUT2D eigenvalue weighted by atomic mass is 10.0. The van der Waals surface area contributed by atoms with Crippen LogP contribution in [0.4, 0.5) is 0 Å². The van der Waals surface area contributed by atoms with Crippen LogP contribution in [0.5, 0.6) is 0 Å². The Labute approximate surface area is 111 Å². The van der Waals surface area contributed by atoms with Gasteiger partial charge >= 0.3 is 5.97 Å². The largest absolute Gasteiger partial charge is 0.461 e. The first kappa shape index (κ1) is 14.8. The van der Waals surface area contributed by atoms with E-state index in [2.05, 4.69) is 33.6 Å². The molecule has 1 aliphatic carbocycles. The molecule has 0 aliphatic heterocycles. The second kappa shape index (κ2) is 5.18. The maximum absolute atomic E-state index is 12.0. The average molecular weight is 248 g/mol. The van der Waals surface area contributed by atoms with Crippen molar-refractivity contribution in [2.75, 3.05) is 6.61 Å². The summed E-state index contributed by atoms with van der Waals surface area (Å²) in [5, 5.41) is 0. The maximum Gasteiger partial charge on any atom is 0.310 e. The number of rotatable bonds is 5. The molecule has 0 heterocycles. The first-order valence-electron chi connectivity index (χ1n) is 6.51. The Morgan fingerprint density at radius 2 is 1.89 bits per heavy atom. The number of ether oxygens (including phenoxy) is 1. The minimum Gasteiger partial charge on any atom is -0.461 e. The van der Waals surface area contributed by atoms with Gasteiger partial charge in [-0.05, 0) is 29.7 Å². The molecule has 0 saturated heterocycles. The fraction of sp³-hybridized carbons (Fsp3) is 0.688. The Morgan fingerprint density at radius 1 is 1.33 bits per heavy atom. The van der Waals surface area contributed by atoms with Crippen molar-refractivity contribution in [3.63, 3.8) is 0 Å². The van der Waals surface area contributed by atoms with Gasteiger partial charge in [0.2, 0.25) is 0 Å². The monoisotopic (exact) mass is 248 g/mol. The molecule has 2 nitrogen and oxygen atoms in total. The van der Waals surface area contributed by atoms with Crippen LogP contribution < -0.4 is 0 Å². The van der Waals surface area contributed by atoms with E-state index in [1.165, 1.54) is 0 Å². The van der Waals surface area contributed by atoms with Gasteiger partial charge in [-0.25, -0.2) is 0 Å². The third-order valence-corrected chi connectivity index (χ3v) is 4.48. The Bertz CT molecular complexity index is 380. The molecule has 0 aromatic carbocycles. The van der Waals surface area contributed by atoms with Crippen LogP contribution in [0.1, 0.15) is 47.5 Å². The number of terminal acetylenes is 1. The molecule has 1 saturated carbocycles. The second-order valence-electron chi connectivity index (χ2n) is 6.28. The van der Waals surface area contributed by atoms with Gasteiger partial charge in [0.25, 0.3) is 0 Å². The van der Waals surface area contributed by atoms with Gasteiger partial charge in [-0.3, -0.25) is 4.79 Å². The zero-order valence-electron chi connectivity index (χ0n) is 12.2. The number of unbranched alkanes of at least 4 members (excludes halogenated alkanes) is 1. The SMILES string of the molecule is C#CCCC=C(C)COC(=O)C1C(C)(C)C1(C)C. The molecule has 0 spiro atoms. The van der Waals surface area contributed by atoms with E-state index < -0.39 is 0 Å². The van der Waals surface area contributed by atoms with Gasteiger partial charge in [0.05, 0.1) is 5.92 Å². The molecule has 1 rings (SSSR count). The molecule has 0 aromatic rings. The minimum absolute atomic E-state index is 0.0171. The normalized spacial score (nSPS) is 21.2. The predicted molar refractivity (Wildman–Crippen MR) is 73.8 cm³/mol. The van der Waals surface area contributed by atoms with Gasteiger partial charge in [0, 0.05) is 6.42 Å². The third-order valence-electron chi connectivity index (χ3n) is 4.48. The van der Waals surface area contributed by atoms with E-state index in [-0.39, 0.29) is 22.7 Å². The van der Waals surface area contributed by atoms with E-state index in [1.54, 1.807) is 0 Å². The maximum atomic E-state index is 12.0. The molecule has 100 valence electrons. The van der Waals surface area contributed by atoms with Crippen LogP contribution in [-0.2, 0) is 9.53 Å². The smallest absolute Gasteiger partial charge is 0.310 e. The van der Waals surface area contributed by atoms with Crippen molar-refractivity contribution in [1.82, 2.24) is 0 Å². The summed E-state index contributed by atoms with van der Waals surface area (Å²) in [5.41, 5.74) is 1.16. The van der Waals surface area contributed by atoms with Crippen molar-refractivity contribution in [3.05, 3.63) is 11.6 Å². The molecule has 0 amide bonds. The number of carbonyl (C=O) groups is 1. The zero-order chi connectivity index (χ0) is 14.0. The lowest BCUT2D eigenvalue weighted by Crippen LogP contribution is -2.13. The lowest BCUT2D eigenvalue weighted by molar-refractivity contribution is -0.145. The summed E-state index contributed by atoms with van der Waals surface area (Å²) in [6.07, 6.45) is 8.80. The highest BCUT2D eigenvalue weighted by molar-refractivity contribution is 5.78. The van der Waals surface area contributed by atoms with Crippen molar-refractivity contribution in [1.29, 1.82) is 0 Å². The van der Waals surface area contributed by atoms with Crippen LogP contribution in [0, 0.1) is 29.1 Å². The third kappa shape index (κ3) is 2.77. The van der Waals surface area contributed by atoms with E-state index in [0.717, 1.165) is 18.4 Å². The van der Waals surface area contributed by atoms with Crippen LogP contribution >= 0.6 is 0 Å². The number of hydrogen-bond acceptors (Lipinski definition) is 2. The molecule has 0 atom stereocenters. The van der Waals surface area contributed by atoms with Gasteiger partial charge in [0.1, 0.15) is 6.61 Å². The fourth-order valence-corrected chi connectivity index (χ4v) is 2.51. The zero-order valence-corrected chi connectivity index (χ0v) is 12.2. The van der Waals surface area contributed by atoms with Crippen LogP contribution in [0.25, 0.3) is 0 Å². The number of esters is 1. The van der Waals surface area contributed by atoms with Crippen molar-refractivity contribution < 1.29 is 9.53 Å². The second-order valence-corrected chi connectivity index (χ2v) is 6.28. The highest BCUT2D eigenvalue weighted by Gasteiger charge is 2.69.